The molecule has 150 valence electrons. The van der Waals surface area contributed by atoms with Crippen molar-refractivity contribution in [1.29, 1.82) is 0 Å². The van der Waals surface area contributed by atoms with Crippen molar-refractivity contribution < 1.29 is 22.7 Å². The number of hydrogen-bond donors (Lipinski definition) is 1. The predicted octanol–water partition coefficient (Wildman–Crippen LogP) is 2.30. The van der Waals surface area contributed by atoms with Gasteiger partial charge < -0.3 is 14.4 Å². The molecule has 0 spiro atoms. The molecule has 1 amide bonds. The van der Waals surface area contributed by atoms with Crippen LogP contribution in [0.15, 0.2) is 47.4 Å². The maximum absolute atomic E-state index is 12.8. The Balaban J connectivity index is 1.84. The first-order valence-electron chi connectivity index (χ1n) is 8.70. The normalized spacial score (nSPS) is 14.7. The summed E-state index contributed by atoms with van der Waals surface area (Å²) in [6.45, 7) is 1.84. The van der Waals surface area contributed by atoms with Gasteiger partial charge in [-0.3, -0.25) is 4.79 Å². The summed E-state index contributed by atoms with van der Waals surface area (Å²) in [6, 6.07) is 11.2. The van der Waals surface area contributed by atoms with Crippen LogP contribution in [0.1, 0.15) is 15.9 Å². The number of amides is 1. The first kappa shape index (κ1) is 20.6. The second kappa shape index (κ2) is 8.91. The van der Waals surface area contributed by atoms with Crippen molar-refractivity contribution in [3.63, 3.8) is 0 Å². The molecule has 1 fully saturated rings. The molecular weight excluding hydrogens is 404 g/mol. The lowest BCUT2D eigenvalue weighted by Gasteiger charge is -2.27. The molecule has 7 nitrogen and oxygen atoms in total. The Hall–Kier alpha value is -2.13. The Morgan fingerprint density at radius 2 is 1.93 bits per heavy atom. The lowest BCUT2D eigenvalue weighted by molar-refractivity contribution is 0.0300. The lowest BCUT2D eigenvalue weighted by Crippen LogP contribution is -2.40. The van der Waals surface area contributed by atoms with E-state index in [9.17, 15) is 13.2 Å². The molecule has 1 N–H and O–H groups in total. The minimum Gasteiger partial charge on any atom is -0.496 e. The summed E-state index contributed by atoms with van der Waals surface area (Å²) >= 11 is 6.08. The number of rotatable bonds is 6. The number of ether oxygens (including phenoxy) is 2. The maximum Gasteiger partial charge on any atom is 0.257 e. The molecule has 0 aliphatic carbocycles. The third-order valence-electron chi connectivity index (χ3n) is 4.42. The molecule has 0 atom stereocenters. The zero-order valence-corrected chi connectivity index (χ0v) is 16.9. The summed E-state index contributed by atoms with van der Waals surface area (Å²) in [5.74, 6) is 0.0323. The average molecular weight is 425 g/mol. The molecule has 1 aliphatic heterocycles. The van der Waals surface area contributed by atoms with Gasteiger partial charge in [0.2, 0.25) is 10.0 Å². The SMILES string of the molecule is COc1ccc(S(=O)(=O)NCc2ccccc2Cl)cc1C(=O)N1CCOCC1. The smallest absolute Gasteiger partial charge is 0.257 e. The van der Waals surface area contributed by atoms with Gasteiger partial charge >= 0.3 is 0 Å². The van der Waals surface area contributed by atoms with Crippen molar-refractivity contribution >= 4 is 27.5 Å². The van der Waals surface area contributed by atoms with Crippen LogP contribution >= 0.6 is 11.6 Å². The summed E-state index contributed by atoms with van der Waals surface area (Å²) in [4.78, 5) is 14.4. The molecule has 3 rings (SSSR count). The van der Waals surface area contributed by atoms with Crippen LogP contribution in [-0.2, 0) is 21.3 Å². The van der Waals surface area contributed by atoms with E-state index in [2.05, 4.69) is 4.72 Å². The van der Waals surface area contributed by atoms with E-state index in [1.165, 1.54) is 25.3 Å². The second-order valence-electron chi connectivity index (χ2n) is 6.18. The Morgan fingerprint density at radius 1 is 1.21 bits per heavy atom. The Bertz CT molecular complexity index is 959. The summed E-state index contributed by atoms with van der Waals surface area (Å²) < 4.78 is 38.5. The Morgan fingerprint density at radius 3 is 2.61 bits per heavy atom. The molecule has 1 saturated heterocycles. The number of halogens is 1. The number of nitrogens with zero attached hydrogens (tertiary/aromatic N) is 1. The topological polar surface area (TPSA) is 84.9 Å². The monoisotopic (exact) mass is 424 g/mol. The van der Waals surface area contributed by atoms with Crippen molar-refractivity contribution in [3.05, 3.63) is 58.6 Å². The molecule has 2 aromatic rings. The van der Waals surface area contributed by atoms with Gasteiger partial charge in [0.25, 0.3) is 5.91 Å². The fraction of sp³-hybridized carbons (Fsp3) is 0.316. The second-order valence-corrected chi connectivity index (χ2v) is 8.36. The van der Waals surface area contributed by atoms with E-state index in [0.29, 0.717) is 42.6 Å². The number of morpholine rings is 1. The Kier molecular flexibility index (Phi) is 6.56. The first-order chi connectivity index (χ1) is 13.4. The highest BCUT2D eigenvalue weighted by molar-refractivity contribution is 7.89. The van der Waals surface area contributed by atoms with Gasteiger partial charge in [0.1, 0.15) is 5.75 Å². The number of carbonyl (C=O) groups is 1. The van der Waals surface area contributed by atoms with Gasteiger partial charge in [-0.25, -0.2) is 13.1 Å². The highest BCUT2D eigenvalue weighted by Crippen LogP contribution is 2.25. The van der Waals surface area contributed by atoms with Gasteiger partial charge in [-0.2, -0.15) is 0 Å². The lowest BCUT2D eigenvalue weighted by atomic mass is 10.1. The standard InChI is InChI=1S/C19H21ClN2O5S/c1-26-18-7-6-15(12-16(18)19(23)22-8-10-27-11-9-22)28(24,25)21-13-14-4-2-3-5-17(14)20/h2-7,12,21H,8-11,13H2,1H3. The maximum atomic E-state index is 12.8. The van der Waals surface area contributed by atoms with Crippen LogP contribution in [-0.4, -0.2) is 52.6 Å². The summed E-state index contributed by atoms with van der Waals surface area (Å²) in [5.41, 5.74) is 0.857. The zero-order valence-electron chi connectivity index (χ0n) is 15.4. The molecular formula is C19H21ClN2O5S. The van der Waals surface area contributed by atoms with Crippen LogP contribution < -0.4 is 9.46 Å². The van der Waals surface area contributed by atoms with Gasteiger partial charge in [-0.1, -0.05) is 29.8 Å². The van der Waals surface area contributed by atoms with Crippen LogP contribution in [0.25, 0.3) is 0 Å². The number of nitrogens with one attached hydrogen (secondary N) is 1. The summed E-state index contributed by atoms with van der Waals surface area (Å²) in [6.07, 6.45) is 0. The third kappa shape index (κ3) is 4.64. The summed E-state index contributed by atoms with van der Waals surface area (Å²) in [5, 5.41) is 0.475. The van der Waals surface area contributed by atoms with Gasteiger partial charge in [0, 0.05) is 24.7 Å². The van der Waals surface area contributed by atoms with E-state index in [1.54, 1.807) is 29.2 Å². The van der Waals surface area contributed by atoms with Gasteiger partial charge in [0.05, 0.1) is 30.8 Å². The highest BCUT2D eigenvalue weighted by atomic mass is 35.5. The molecule has 9 heteroatoms. The molecule has 2 aromatic carbocycles. The molecule has 0 bridgehead atoms. The zero-order chi connectivity index (χ0) is 20.1. The fourth-order valence-electron chi connectivity index (χ4n) is 2.86. The number of hydrogen-bond acceptors (Lipinski definition) is 5. The van der Waals surface area contributed by atoms with Gasteiger partial charge in [-0.05, 0) is 29.8 Å². The van der Waals surface area contributed by atoms with Crippen molar-refractivity contribution in [2.75, 3.05) is 33.4 Å². The van der Waals surface area contributed by atoms with E-state index in [-0.39, 0.29) is 22.9 Å². The van der Waals surface area contributed by atoms with Gasteiger partial charge in [-0.15, -0.1) is 0 Å². The van der Waals surface area contributed by atoms with Crippen LogP contribution in [0.5, 0.6) is 5.75 Å². The minimum atomic E-state index is -3.85. The molecule has 1 heterocycles. The number of benzene rings is 2. The molecule has 0 aromatic heterocycles. The molecule has 28 heavy (non-hydrogen) atoms. The fourth-order valence-corrected chi connectivity index (χ4v) is 4.09. The van der Waals surface area contributed by atoms with E-state index in [0.717, 1.165) is 0 Å². The van der Waals surface area contributed by atoms with Crippen LogP contribution in [0.2, 0.25) is 5.02 Å². The average Bonchev–Trinajstić information content (AvgIpc) is 2.72. The van der Waals surface area contributed by atoms with Crippen LogP contribution in [0.4, 0.5) is 0 Å². The van der Waals surface area contributed by atoms with Crippen molar-refractivity contribution in [3.8, 4) is 5.75 Å². The quantitative estimate of drug-likeness (QED) is 0.769. The van der Waals surface area contributed by atoms with Gasteiger partial charge in [0.15, 0.2) is 0 Å². The molecule has 0 saturated carbocycles. The molecule has 0 radical (unpaired) electrons. The van der Waals surface area contributed by atoms with Crippen molar-refractivity contribution in [2.24, 2.45) is 0 Å². The van der Waals surface area contributed by atoms with Crippen molar-refractivity contribution in [1.82, 2.24) is 9.62 Å². The number of carbonyl (C=O) groups excluding carboxylic acids is 1. The predicted molar refractivity (Wildman–Crippen MR) is 105 cm³/mol. The van der Waals surface area contributed by atoms with Crippen LogP contribution in [0, 0.1) is 0 Å². The molecule has 1 aliphatic rings. The number of sulfonamides is 1. The molecule has 0 unspecified atom stereocenters. The third-order valence-corrected chi connectivity index (χ3v) is 6.19. The van der Waals surface area contributed by atoms with Crippen LogP contribution in [0.3, 0.4) is 0 Å². The van der Waals surface area contributed by atoms with E-state index in [1.807, 2.05) is 0 Å². The number of methoxy groups -OCH3 is 1. The Labute approximate surface area is 169 Å². The highest BCUT2D eigenvalue weighted by Gasteiger charge is 2.24. The largest absolute Gasteiger partial charge is 0.496 e. The van der Waals surface area contributed by atoms with E-state index < -0.39 is 10.0 Å². The summed E-state index contributed by atoms with van der Waals surface area (Å²) in [7, 11) is -2.41. The minimum absolute atomic E-state index is 0.0167. The van der Waals surface area contributed by atoms with E-state index >= 15 is 0 Å². The van der Waals surface area contributed by atoms with E-state index in [4.69, 9.17) is 21.1 Å². The van der Waals surface area contributed by atoms with Crippen molar-refractivity contribution in [2.45, 2.75) is 11.4 Å². The first-order valence-corrected chi connectivity index (χ1v) is 10.6.